The van der Waals surface area contributed by atoms with Crippen molar-refractivity contribution in [3.63, 3.8) is 0 Å². The molecule has 9 nitrogen and oxygen atoms in total. The molecule has 0 aromatic heterocycles. The molecule has 0 bridgehead atoms. The number of rotatable bonds is 63. The van der Waals surface area contributed by atoms with Gasteiger partial charge in [0, 0.05) is 12.8 Å². The van der Waals surface area contributed by atoms with Crippen molar-refractivity contribution < 1.29 is 37.3 Å². The number of hydrogen-bond acceptors (Lipinski definition) is 7. The molecule has 0 saturated heterocycles. The number of unbranched alkanes of at least 4 members (excludes halogenated alkanes) is 33. The lowest BCUT2D eigenvalue weighted by atomic mass is 10.0. The van der Waals surface area contributed by atoms with E-state index in [1.807, 2.05) is 33.3 Å². The second-order valence-corrected chi connectivity index (χ2v) is 26.1. The number of nitrogens with zero attached hydrogens (tertiary/aromatic N) is 1. The second-order valence-electron chi connectivity index (χ2n) is 24.6. The van der Waals surface area contributed by atoms with Crippen LogP contribution in [0.15, 0.2) is 97.2 Å². The Hall–Kier alpha value is -3.07. The molecular weight excluding hydrogens is 1060 g/mol. The van der Waals surface area contributed by atoms with Crippen LogP contribution in [0.25, 0.3) is 0 Å². The van der Waals surface area contributed by atoms with E-state index in [4.69, 9.17) is 13.8 Å². The minimum absolute atomic E-state index is 0.0291. The highest BCUT2D eigenvalue weighted by molar-refractivity contribution is 7.45. The van der Waals surface area contributed by atoms with E-state index in [9.17, 15) is 19.0 Å². The number of carbonyl (C=O) groups is 2. The zero-order valence-corrected chi connectivity index (χ0v) is 56.5. The van der Waals surface area contributed by atoms with Gasteiger partial charge in [0.1, 0.15) is 19.3 Å². The van der Waals surface area contributed by atoms with Crippen LogP contribution in [0.4, 0.5) is 0 Å². The zero-order valence-electron chi connectivity index (χ0n) is 55.6. The van der Waals surface area contributed by atoms with Crippen LogP contribution in [0, 0.1) is 0 Å². The van der Waals surface area contributed by atoms with E-state index in [0.717, 1.165) is 122 Å². The maximum atomic E-state index is 13.6. The van der Waals surface area contributed by atoms with Crippen molar-refractivity contribution >= 4 is 19.7 Å². The lowest BCUT2D eigenvalue weighted by Gasteiger charge is -2.30. The largest absolute Gasteiger partial charge is 0.756 e. The molecule has 1 amide bonds. The summed E-state index contributed by atoms with van der Waals surface area (Å²) in [6, 6.07) is -0.903. The van der Waals surface area contributed by atoms with E-state index in [-0.39, 0.29) is 24.9 Å². The van der Waals surface area contributed by atoms with Gasteiger partial charge in [0.15, 0.2) is 0 Å². The van der Waals surface area contributed by atoms with Gasteiger partial charge in [-0.15, -0.1) is 0 Å². The van der Waals surface area contributed by atoms with Gasteiger partial charge in [-0.25, -0.2) is 0 Å². The number of quaternary nitrogens is 1. The van der Waals surface area contributed by atoms with Crippen molar-refractivity contribution in [3.8, 4) is 0 Å². The number of amides is 1. The Morgan fingerprint density at radius 3 is 1.15 bits per heavy atom. The van der Waals surface area contributed by atoms with Gasteiger partial charge in [-0.05, 0) is 109 Å². The van der Waals surface area contributed by atoms with Gasteiger partial charge < -0.3 is 28.5 Å². The van der Waals surface area contributed by atoms with Gasteiger partial charge in [0.05, 0.1) is 33.8 Å². The summed E-state index contributed by atoms with van der Waals surface area (Å²) < 4.78 is 30.4. The molecule has 0 aromatic carbocycles. The SMILES string of the molecule is CC/C=C\C/C=C\C/C=C\C/C=C\C/C=C\C/C=C\CCCCCCCCC(=O)NC(COP(=O)([O-])OCC[N+](C)(C)C)C(/C=C\CCCCCCCCCCCC)OC(=O)CCCCCCCCCCCCC/C=C/CCCCCCCC. The van der Waals surface area contributed by atoms with Crippen LogP contribution in [0.2, 0.25) is 0 Å². The fourth-order valence-electron chi connectivity index (χ4n) is 9.87. The molecule has 84 heavy (non-hydrogen) atoms. The van der Waals surface area contributed by atoms with E-state index in [2.05, 4.69) is 111 Å². The van der Waals surface area contributed by atoms with Gasteiger partial charge in [0.25, 0.3) is 7.82 Å². The third-order valence-corrected chi connectivity index (χ3v) is 16.2. The number of esters is 1. The average molecular weight is 1190 g/mol. The van der Waals surface area contributed by atoms with Gasteiger partial charge in [-0.3, -0.25) is 14.2 Å². The Morgan fingerprint density at radius 2 is 0.762 bits per heavy atom. The normalized spacial score (nSPS) is 14.1. The molecule has 0 fully saturated rings. The summed E-state index contributed by atoms with van der Waals surface area (Å²) >= 11 is 0. The summed E-state index contributed by atoms with van der Waals surface area (Å²) in [5.74, 6) is -0.555. The second kappa shape index (κ2) is 63.0. The Bertz CT molecular complexity index is 1760. The van der Waals surface area contributed by atoms with Crippen LogP contribution in [-0.4, -0.2) is 69.4 Å². The molecule has 0 spiro atoms. The maximum absolute atomic E-state index is 13.6. The summed E-state index contributed by atoms with van der Waals surface area (Å²) in [6.07, 6.45) is 85.2. The molecule has 0 aliphatic heterocycles. The first-order valence-electron chi connectivity index (χ1n) is 35.0. The van der Waals surface area contributed by atoms with Gasteiger partial charge >= 0.3 is 5.97 Å². The highest BCUT2D eigenvalue weighted by Crippen LogP contribution is 2.38. The monoisotopic (exact) mass is 1190 g/mol. The van der Waals surface area contributed by atoms with Crippen LogP contribution < -0.4 is 10.2 Å². The lowest BCUT2D eigenvalue weighted by Crippen LogP contribution is -2.47. The first kappa shape index (κ1) is 80.9. The predicted molar refractivity (Wildman–Crippen MR) is 362 cm³/mol. The molecule has 0 aliphatic carbocycles. The van der Waals surface area contributed by atoms with Gasteiger partial charge in [-0.2, -0.15) is 0 Å². The summed E-state index contributed by atoms with van der Waals surface area (Å²) in [7, 11) is 1.17. The smallest absolute Gasteiger partial charge is 0.306 e. The highest BCUT2D eigenvalue weighted by Gasteiger charge is 2.27. The number of likely N-dealkylation sites (N-methyl/N-ethyl adjacent to an activating group) is 1. The van der Waals surface area contributed by atoms with Crippen LogP contribution in [0.3, 0.4) is 0 Å². The molecule has 3 unspecified atom stereocenters. The molecule has 1 N–H and O–H groups in total. The van der Waals surface area contributed by atoms with Crippen molar-refractivity contribution in [3.05, 3.63) is 97.2 Å². The number of phosphoric ester groups is 1. The minimum atomic E-state index is -4.71. The molecular formula is C74H133N2O7P. The molecule has 0 aliphatic rings. The van der Waals surface area contributed by atoms with Gasteiger partial charge in [-0.1, -0.05) is 285 Å². The topological polar surface area (TPSA) is 114 Å². The standard InChI is InChI=1S/C74H133N2O7P/c1-7-10-13-16-19-22-25-28-30-32-34-36-37-38-39-41-42-44-46-48-51-54-57-60-63-66-73(77)75-71(70-82-84(79,80)81-69-68-76(4,5)6)72(65-62-59-56-53-50-27-24-21-18-15-12-9-3)83-74(78)67-64-61-58-55-52-49-47-45-43-40-35-33-31-29-26-23-20-17-14-11-8-2/h10,13,19,22,28-31,34,36,38-39,42,44,62,65,71-72H,7-9,11-12,14-18,20-21,23-27,32-33,35,37,40-41,43,45-61,63-64,66-70H2,1-6H3,(H-,75,77,79,80)/b13-10-,22-19-,30-28-,31-29+,36-34-,39-38-,44-42-,65-62-. The molecule has 486 valence electrons. The summed E-state index contributed by atoms with van der Waals surface area (Å²) in [4.78, 5) is 40.2. The molecule has 0 heterocycles. The number of nitrogens with one attached hydrogen (secondary N) is 1. The Balaban J connectivity index is 5.14. The number of phosphoric acid groups is 1. The van der Waals surface area contributed by atoms with E-state index in [1.165, 1.54) is 154 Å². The first-order chi connectivity index (χ1) is 40.9. The van der Waals surface area contributed by atoms with E-state index in [0.29, 0.717) is 17.4 Å². The fourth-order valence-corrected chi connectivity index (χ4v) is 10.6. The van der Waals surface area contributed by atoms with E-state index < -0.39 is 26.6 Å². The molecule has 10 heteroatoms. The van der Waals surface area contributed by atoms with Gasteiger partial charge in [0.2, 0.25) is 5.91 Å². The fraction of sp³-hybridized carbons (Fsp3) is 0.757. The lowest BCUT2D eigenvalue weighted by molar-refractivity contribution is -0.870. The molecule has 3 atom stereocenters. The number of allylic oxidation sites excluding steroid dienone is 15. The van der Waals surface area contributed by atoms with Crippen molar-refractivity contribution in [1.82, 2.24) is 5.32 Å². The molecule has 0 aromatic rings. The Kier molecular flexibility index (Phi) is 60.7. The number of hydrogen-bond donors (Lipinski definition) is 1. The summed E-state index contributed by atoms with van der Waals surface area (Å²) in [5.41, 5.74) is 0. The van der Waals surface area contributed by atoms with Crippen LogP contribution in [0.1, 0.15) is 310 Å². The Labute approximate surface area is 519 Å². The van der Waals surface area contributed by atoms with Crippen molar-refractivity contribution in [1.29, 1.82) is 0 Å². The molecule has 0 saturated carbocycles. The third kappa shape index (κ3) is 63.4. The van der Waals surface area contributed by atoms with E-state index >= 15 is 0 Å². The first-order valence-corrected chi connectivity index (χ1v) is 36.5. The quantitative estimate of drug-likeness (QED) is 0.0212. The zero-order chi connectivity index (χ0) is 61.4. The van der Waals surface area contributed by atoms with Crippen molar-refractivity contribution in [2.24, 2.45) is 0 Å². The average Bonchev–Trinajstić information content (AvgIpc) is 3.64. The number of carbonyl (C=O) groups excluding carboxylic acids is 2. The van der Waals surface area contributed by atoms with Crippen LogP contribution in [-0.2, 0) is 27.9 Å². The van der Waals surface area contributed by atoms with Crippen LogP contribution >= 0.6 is 7.82 Å². The Morgan fingerprint density at radius 1 is 0.429 bits per heavy atom. The summed E-state index contributed by atoms with van der Waals surface area (Å²) in [5, 5.41) is 3.03. The third-order valence-electron chi connectivity index (χ3n) is 15.2. The molecule has 0 radical (unpaired) electrons. The van der Waals surface area contributed by atoms with E-state index in [1.54, 1.807) is 0 Å². The van der Waals surface area contributed by atoms with Crippen molar-refractivity contribution in [2.45, 2.75) is 322 Å². The summed E-state index contributed by atoms with van der Waals surface area (Å²) in [6.45, 7) is 6.73. The highest BCUT2D eigenvalue weighted by atomic mass is 31.2. The molecule has 0 rings (SSSR count). The number of ether oxygens (including phenoxy) is 1. The maximum Gasteiger partial charge on any atom is 0.306 e. The minimum Gasteiger partial charge on any atom is -0.756 e. The van der Waals surface area contributed by atoms with Crippen LogP contribution in [0.5, 0.6) is 0 Å². The predicted octanol–water partition coefficient (Wildman–Crippen LogP) is 21.7. The van der Waals surface area contributed by atoms with Crippen molar-refractivity contribution in [2.75, 3.05) is 40.9 Å².